The van der Waals surface area contributed by atoms with E-state index in [0.717, 1.165) is 11.8 Å². The molecule has 0 bridgehead atoms. The maximum absolute atomic E-state index is 15.0. The summed E-state index contributed by atoms with van der Waals surface area (Å²) in [5.74, 6) is -21.2. The third-order valence-corrected chi connectivity index (χ3v) is 20.6. The van der Waals surface area contributed by atoms with Gasteiger partial charge in [0.2, 0.25) is 100 Å². The molecule has 1 aliphatic heterocycles. The molecule has 0 spiro atoms. The van der Waals surface area contributed by atoms with Gasteiger partial charge in [-0.25, -0.2) is 4.98 Å². The molecule has 48 heteroatoms. The van der Waals surface area contributed by atoms with E-state index in [4.69, 9.17) is 45.2 Å². The van der Waals surface area contributed by atoms with Crippen LogP contribution >= 0.6 is 12.6 Å². The average molecular weight is 1830 g/mol. The molecule has 712 valence electrons. The van der Waals surface area contributed by atoms with Gasteiger partial charge in [0.15, 0.2) is 11.9 Å². The van der Waals surface area contributed by atoms with Gasteiger partial charge in [-0.15, -0.1) is 0 Å². The highest BCUT2D eigenvalue weighted by atomic mass is 32.1. The van der Waals surface area contributed by atoms with E-state index in [1.54, 1.807) is 71.9 Å². The van der Waals surface area contributed by atoms with Crippen LogP contribution in [0.4, 0.5) is 0 Å². The number of phenolic OH excluding ortho intramolecular Hbond substituents is 1. The number of likely N-dealkylation sites (tertiary alicyclic amines) is 1. The third-order valence-electron chi connectivity index (χ3n) is 20.2. The number of imidazole rings is 1. The largest absolute Gasteiger partial charge is 0.508 e. The number of guanidine groups is 2. The van der Waals surface area contributed by atoms with Crippen LogP contribution in [0.25, 0.3) is 0 Å². The number of carbonyl (C=O) groups is 18. The van der Waals surface area contributed by atoms with Gasteiger partial charge in [-0.1, -0.05) is 84.0 Å². The molecule has 47 nitrogen and oxygen atoms in total. The number of aromatic hydroxyl groups is 1. The summed E-state index contributed by atoms with van der Waals surface area (Å²) in [6.45, 7) is 9.98. The number of amides is 17. The molecule has 2 aromatic carbocycles. The van der Waals surface area contributed by atoms with Crippen molar-refractivity contribution in [1.82, 2.24) is 94.6 Å². The minimum atomic E-state index is -2.07. The van der Waals surface area contributed by atoms with Crippen molar-refractivity contribution < 1.29 is 102 Å². The summed E-state index contributed by atoms with van der Waals surface area (Å²) in [6, 6.07) is -7.51. The minimum absolute atomic E-state index is 0.0170. The highest BCUT2D eigenvalue weighted by Crippen LogP contribution is 2.22. The number of benzene rings is 2. The lowest BCUT2D eigenvalue weighted by Crippen LogP contribution is -2.62. The van der Waals surface area contributed by atoms with Gasteiger partial charge in [-0.2, -0.15) is 12.6 Å². The molecule has 33 N–H and O–H groups in total. The number of aromatic amines is 1. The molecule has 17 amide bonds. The molecule has 0 aliphatic carbocycles. The molecular weight excluding hydrogens is 1710 g/mol. The van der Waals surface area contributed by atoms with E-state index in [0.29, 0.717) is 11.1 Å². The zero-order chi connectivity index (χ0) is 96.5. The predicted molar refractivity (Wildman–Crippen MR) is 469 cm³/mol. The topological polar surface area (TPSA) is 784 Å². The Morgan fingerprint density at radius 2 is 0.946 bits per heavy atom. The number of rotatable bonds is 57. The molecule has 3 aromatic rings. The van der Waals surface area contributed by atoms with Crippen molar-refractivity contribution in [3.05, 3.63) is 83.9 Å². The number of aromatic nitrogens is 2. The first kappa shape index (κ1) is 108. The van der Waals surface area contributed by atoms with Gasteiger partial charge in [0.05, 0.1) is 37.1 Å². The molecule has 0 radical (unpaired) electrons. The Morgan fingerprint density at radius 1 is 0.504 bits per heavy atom. The highest BCUT2D eigenvalue weighted by Gasteiger charge is 2.43. The number of aliphatic hydroxyl groups is 1. The number of hydrogen-bond donors (Lipinski definition) is 28. The van der Waals surface area contributed by atoms with E-state index in [-0.39, 0.29) is 113 Å². The normalized spacial score (nSPS) is 15.6. The SMILES string of the molecule is CC(C)CC(NC(=O)C(Cc1ccc(O)cc1)NC(=O)C(N)CS)C(=O)NCC(=O)NC(CCCNC(=N)N)C(=O)NC(C(=O)NC(CCCNC(=N)N)C(=O)N1CCCC1C(=O)NC(CC(=O)O)C(=O)NC(CCC(N)=O)C(=O)NC(CC(C)C)C(=O)NC(C(=O)NC(CCC(N)=O)C(=O)NC(Cc1c[nH]cn1)C(=O)NC(Cc1ccccc1)C(N)=O)C(C)O)C(C)C. The van der Waals surface area contributed by atoms with Gasteiger partial charge in [-0.3, -0.25) is 97.1 Å². The van der Waals surface area contributed by atoms with Crippen molar-refractivity contribution in [1.29, 1.82) is 10.8 Å². The van der Waals surface area contributed by atoms with E-state index >= 15 is 0 Å². The van der Waals surface area contributed by atoms with Crippen molar-refractivity contribution in [3.63, 3.8) is 0 Å². The number of nitrogens with two attached hydrogens (primary N) is 6. The summed E-state index contributed by atoms with van der Waals surface area (Å²) >= 11 is 4.07. The van der Waals surface area contributed by atoms with Crippen LogP contribution in [0.3, 0.4) is 0 Å². The monoisotopic (exact) mass is 1830 g/mol. The number of hydrogen-bond acceptors (Lipinski definition) is 25. The average Bonchev–Trinajstić information content (AvgIpc) is 1.72. The van der Waals surface area contributed by atoms with Gasteiger partial charge in [0, 0.05) is 63.7 Å². The molecule has 1 aromatic heterocycles. The number of carbonyl (C=O) groups excluding carboxylic acids is 17. The van der Waals surface area contributed by atoms with E-state index in [1.807, 2.05) is 0 Å². The number of aliphatic carboxylic acids is 1. The maximum atomic E-state index is 15.0. The second-order valence-corrected chi connectivity index (χ2v) is 32.7. The van der Waals surface area contributed by atoms with Gasteiger partial charge in [0.25, 0.3) is 0 Å². The molecule has 1 fully saturated rings. The van der Waals surface area contributed by atoms with Crippen LogP contribution in [0, 0.1) is 28.6 Å². The molecule has 2 heterocycles. The Balaban J connectivity index is 1.57. The van der Waals surface area contributed by atoms with Crippen LogP contribution in [-0.4, -0.2) is 271 Å². The lowest BCUT2D eigenvalue weighted by molar-refractivity contribution is -0.144. The Morgan fingerprint density at radius 3 is 1.45 bits per heavy atom. The van der Waals surface area contributed by atoms with E-state index in [1.165, 1.54) is 36.8 Å². The summed E-state index contributed by atoms with van der Waals surface area (Å²) in [5.41, 5.74) is 35.0. The minimum Gasteiger partial charge on any atom is -0.508 e. The van der Waals surface area contributed by atoms with Gasteiger partial charge in [-0.05, 0) is 112 Å². The number of aliphatic hydroxyl groups excluding tert-OH is 1. The third kappa shape index (κ3) is 39.2. The number of primary amides is 3. The summed E-state index contributed by atoms with van der Waals surface area (Å²) in [6.07, 6.45) is -3.52. The van der Waals surface area contributed by atoms with E-state index in [9.17, 15) is 102 Å². The fourth-order valence-electron chi connectivity index (χ4n) is 13.5. The smallest absolute Gasteiger partial charge is 0.305 e. The van der Waals surface area contributed by atoms with Crippen LogP contribution in [0.5, 0.6) is 5.75 Å². The number of phenols is 1. The number of nitrogens with zero attached hydrogens (tertiary/aromatic N) is 2. The molecule has 4 rings (SSSR count). The Kier molecular flexibility index (Phi) is 45.8. The molecular formula is C81H126N26O21S. The van der Waals surface area contributed by atoms with Crippen molar-refractivity contribution in [3.8, 4) is 5.75 Å². The van der Waals surface area contributed by atoms with Crippen molar-refractivity contribution in [2.75, 3.05) is 31.9 Å². The number of carboxylic acids is 1. The molecule has 129 heavy (non-hydrogen) atoms. The van der Waals surface area contributed by atoms with Crippen LogP contribution in [0.15, 0.2) is 67.1 Å². The summed E-state index contributed by atoms with van der Waals surface area (Å²) in [7, 11) is 0. The number of carboxylic acid groups (broad SMARTS) is 1. The second kappa shape index (κ2) is 54.7. The summed E-state index contributed by atoms with van der Waals surface area (Å²) < 4.78 is 0. The number of H-pyrrole nitrogens is 1. The lowest BCUT2D eigenvalue weighted by atomic mass is 10.0. The first-order chi connectivity index (χ1) is 60.8. The highest BCUT2D eigenvalue weighted by molar-refractivity contribution is 7.80. The molecule has 15 atom stereocenters. The molecule has 0 saturated carbocycles. The van der Waals surface area contributed by atoms with E-state index < -0.39 is 259 Å². The standard InChI is InChI=1S/C81H126N26O21S/c1-40(2)30-54(101-72(121)56(100-67(116)48(82)38-129)33-45-19-21-47(109)22-20-45)68(117)93-37-62(112)95-49(16-11-27-91-80(86)87)71(120)105-64(42(5)6)77(126)98-52(17-12-28-92-81(88)89)79(128)107-29-13-18-59(107)76(125)104-58(35-63(113)114)74(123)96-50(23-25-60(83)110)69(118)102-55(31-41(3)4)75(124)106-65(43(7)108)78(127)97-51(24-26-61(84)111)70(119)103-57(34-46-36-90-39-94-46)73(122)99-53(66(85)115)32-44-14-9-8-10-15-44/h8-10,14-15,19-22,36,39-43,48-59,64-65,108-109,129H,11-13,16-18,23-35,37-38,82H2,1-7H3,(H2,83,110)(H2,84,111)(H2,85,115)(H,90,94)(H,93,117)(H,95,112)(H,96,123)(H,97,127)(H,98,126)(H,99,122)(H,100,116)(H,101,121)(H,102,118)(H,103,119)(H,104,125)(H,105,120)(H,106,124)(H,113,114)(H4,86,87,91)(H4,88,89,92). The summed E-state index contributed by atoms with van der Waals surface area (Å²) in [5, 5.41) is 83.9. The fourth-order valence-corrected chi connectivity index (χ4v) is 13.6. The molecule has 1 aliphatic rings. The first-order valence-electron chi connectivity index (χ1n) is 42.1. The Hall–Kier alpha value is -13.3. The van der Waals surface area contributed by atoms with Crippen LogP contribution in [0.2, 0.25) is 0 Å². The lowest BCUT2D eigenvalue weighted by Gasteiger charge is -2.31. The van der Waals surface area contributed by atoms with Crippen molar-refractivity contribution >= 4 is 131 Å². The first-order valence-corrected chi connectivity index (χ1v) is 42.7. The predicted octanol–water partition coefficient (Wildman–Crippen LogP) is -7.53. The van der Waals surface area contributed by atoms with Crippen LogP contribution in [-0.2, 0) is 106 Å². The zero-order valence-electron chi connectivity index (χ0n) is 73.1. The number of thiol groups is 1. The van der Waals surface area contributed by atoms with Gasteiger partial charge < -0.3 is 139 Å². The fraction of sp³-hybridized carbons (Fsp3) is 0.568. The zero-order valence-corrected chi connectivity index (χ0v) is 74.0. The van der Waals surface area contributed by atoms with Gasteiger partial charge in [0.1, 0.15) is 84.3 Å². The maximum Gasteiger partial charge on any atom is 0.305 e. The van der Waals surface area contributed by atoms with Crippen molar-refractivity contribution in [2.24, 2.45) is 52.2 Å². The molecule has 15 unspecified atom stereocenters. The Labute approximate surface area is 750 Å². The molecule has 1 saturated heterocycles. The van der Waals surface area contributed by atoms with Crippen molar-refractivity contribution in [2.45, 2.75) is 242 Å². The number of nitrogens with one attached hydrogen (secondary N) is 18. The quantitative estimate of drug-likeness (QED) is 0.0108. The van der Waals surface area contributed by atoms with Crippen LogP contribution < -0.4 is 114 Å². The Bertz CT molecular complexity index is 4360. The second-order valence-electron chi connectivity index (χ2n) is 32.4. The van der Waals surface area contributed by atoms with Gasteiger partial charge >= 0.3 is 5.97 Å². The van der Waals surface area contributed by atoms with Crippen LogP contribution in [0.1, 0.15) is 149 Å². The van der Waals surface area contributed by atoms with E-state index in [2.05, 4.69) is 102 Å². The summed E-state index contributed by atoms with van der Waals surface area (Å²) in [4.78, 5) is 257.